The van der Waals surface area contributed by atoms with Crippen molar-refractivity contribution in [2.45, 2.75) is 64.3 Å². The Hall–Kier alpha value is -1.59. The van der Waals surface area contributed by atoms with Gasteiger partial charge in [0, 0.05) is 18.3 Å². The Kier molecular flexibility index (Phi) is 4.34. The summed E-state index contributed by atoms with van der Waals surface area (Å²) in [4.78, 5) is 36.8. The third kappa shape index (κ3) is 2.70. The zero-order valence-electron chi connectivity index (χ0n) is 14.4. The zero-order valence-corrected chi connectivity index (χ0v) is 14.4. The van der Waals surface area contributed by atoms with Crippen LogP contribution in [-0.4, -0.2) is 35.7 Å². The van der Waals surface area contributed by atoms with Crippen molar-refractivity contribution >= 4 is 17.9 Å². The van der Waals surface area contributed by atoms with E-state index < -0.39 is 29.6 Å². The molecule has 0 spiro atoms. The fraction of sp³-hybridized carbons (Fsp3) is 0.778. The summed E-state index contributed by atoms with van der Waals surface area (Å²) in [5.41, 5.74) is -0.582. The monoisotopic (exact) mass is 337 g/mol. The molecule has 6 heteroatoms. The van der Waals surface area contributed by atoms with Crippen LogP contribution in [-0.2, 0) is 28.6 Å². The summed E-state index contributed by atoms with van der Waals surface area (Å²) in [6.45, 7) is 9.28. The second kappa shape index (κ2) is 6.05. The molecule has 3 fully saturated rings. The molecule has 1 saturated heterocycles. The quantitative estimate of drug-likeness (QED) is 0.545. The van der Waals surface area contributed by atoms with Gasteiger partial charge in [0.1, 0.15) is 17.8 Å². The lowest BCUT2D eigenvalue weighted by Gasteiger charge is -2.32. The van der Waals surface area contributed by atoms with Gasteiger partial charge in [0.05, 0.1) is 11.8 Å². The summed E-state index contributed by atoms with van der Waals surface area (Å²) in [5, 5.41) is 0. The van der Waals surface area contributed by atoms with Gasteiger partial charge in [0.15, 0.2) is 0 Å². The van der Waals surface area contributed by atoms with Gasteiger partial charge in [-0.25, -0.2) is 0 Å². The van der Waals surface area contributed by atoms with E-state index in [9.17, 15) is 14.4 Å². The van der Waals surface area contributed by atoms with Crippen LogP contribution in [0.4, 0.5) is 0 Å². The SMILES string of the molecule is [CH2]CCC(=O)OC1C2CC3C1OC(=O)C3C2C(=O)OC(C)(C)CC. The third-order valence-electron chi connectivity index (χ3n) is 5.69. The van der Waals surface area contributed by atoms with E-state index in [2.05, 4.69) is 6.92 Å². The van der Waals surface area contributed by atoms with Crippen molar-refractivity contribution in [2.75, 3.05) is 0 Å². The van der Waals surface area contributed by atoms with Gasteiger partial charge in [-0.15, -0.1) is 0 Å². The molecular formula is C18H25O6. The van der Waals surface area contributed by atoms with Crippen LogP contribution < -0.4 is 0 Å². The van der Waals surface area contributed by atoms with Crippen LogP contribution in [0.2, 0.25) is 0 Å². The summed E-state index contributed by atoms with van der Waals surface area (Å²) in [6, 6.07) is 0. The van der Waals surface area contributed by atoms with Crippen molar-refractivity contribution in [1.82, 2.24) is 0 Å². The van der Waals surface area contributed by atoms with Crippen molar-refractivity contribution < 1.29 is 28.6 Å². The molecule has 6 unspecified atom stereocenters. The molecule has 2 aliphatic carbocycles. The van der Waals surface area contributed by atoms with Crippen LogP contribution in [0, 0.1) is 30.6 Å². The molecule has 0 aromatic rings. The molecule has 1 heterocycles. The van der Waals surface area contributed by atoms with E-state index in [1.165, 1.54) is 0 Å². The summed E-state index contributed by atoms with van der Waals surface area (Å²) in [6.07, 6.45) is 1.05. The Bertz CT molecular complexity index is 554. The van der Waals surface area contributed by atoms with Crippen molar-refractivity contribution in [3.63, 3.8) is 0 Å². The highest BCUT2D eigenvalue weighted by atomic mass is 16.6. The lowest BCUT2D eigenvalue weighted by Crippen LogP contribution is -2.45. The molecule has 0 aromatic carbocycles. The van der Waals surface area contributed by atoms with Crippen molar-refractivity contribution in [1.29, 1.82) is 0 Å². The minimum atomic E-state index is -0.582. The number of ether oxygens (including phenoxy) is 3. The van der Waals surface area contributed by atoms with Crippen LogP contribution >= 0.6 is 0 Å². The molecule has 0 aromatic heterocycles. The number of rotatable bonds is 6. The Morgan fingerprint density at radius 3 is 2.67 bits per heavy atom. The number of carbonyl (C=O) groups is 3. The maximum absolute atomic E-state index is 12.7. The van der Waals surface area contributed by atoms with Gasteiger partial charge in [-0.2, -0.15) is 0 Å². The minimum Gasteiger partial charge on any atom is -0.459 e. The van der Waals surface area contributed by atoms with E-state index in [0.29, 0.717) is 19.3 Å². The molecule has 24 heavy (non-hydrogen) atoms. The van der Waals surface area contributed by atoms with E-state index in [1.54, 1.807) is 0 Å². The largest absolute Gasteiger partial charge is 0.459 e. The standard InChI is InChI=1S/C18H25O6/c1-5-7-11(19)22-14-10-8-9-12(16(20)23-15(9)14)13(10)17(21)24-18(3,4)6-2/h9-10,12-15H,1,5-8H2,2-4H3. The number of esters is 3. The number of hydrogen-bond acceptors (Lipinski definition) is 6. The highest BCUT2D eigenvalue weighted by molar-refractivity contribution is 5.86. The third-order valence-corrected chi connectivity index (χ3v) is 5.69. The number of hydrogen-bond donors (Lipinski definition) is 0. The first kappa shape index (κ1) is 17.2. The summed E-state index contributed by atoms with van der Waals surface area (Å²) in [5.74, 6) is -2.39. The van der Waals surface area contributed by atoms with E-state index >= 15 is 0 Å². The topological polar surface area (TPSA) is 78.9 Å². The molecule has 0 amide bonds. The first-order valence-corrected chi connectivity index (χ1v) is 8.71. The minimum absolute atomic E-state index is 0.0534. The van der Waals surface area contributed by atoms with Gasteiger partial charge in [-0.1, -0.05) is 13.8 Å². The van der Waals surface area contributed by atoms with Crippen LogP contribution in [0.25, 0.3) is 0 Å². The van der Waals surface area contributed by atoms with Gasteiger partial charge < -0.3 is 14.2 Å². The molecule has 133 valence electrons. The van der Waals surface area contributed by atoms with Crippen LogP contribution in [0.3, 0.4) is 0 Å². The van der Waals surface area contributed by atoms with E-state index in [1.807, 2.05) is 20.8 Å². The van der Waals surface area contributed by atoms with Crippen LogP contribution in [0.5, 0.6) is 0 Å². The molecule has 2 bridgehead atoms. The predicted molar refractivity (Wildman–Crippen MR) is 83.4 cm³/mol. The fourth-order valence-corrected chi connectivity index (χ4v) is 4.24. The van der Waals surface area contributed by atoms with Crippen LogP contribution in [0.1, 0.15) is 46.5 Å². The van der Waals surface area contributed by atoms with Crippen molar-refractivity contribution in [3.8, 4) is 0 Å². The molecule has 3 rings (SSSR count). The van der Waals surface area contributed by atoms with Gasteiger partial charge in [-0.3, -0.25) is 14.4 Å². The number of fused-ring (bicyclic) bond motifs is 1. The van der Waals surface area contributed by atoms with Gasteiger partial charge >= 0.3 is 17.9 Å². The fourth-order valence-electron chi connectivity index (χ4n) is 4.24. The molecule has 6 atom stereocenters. The molecule has 0 N–H and O–H groups in total. The van der Waals surface area contributed by atoms with Gasteiger partial charge in [-0.05, 0) is 33.1 Å². The highest BCUT2D eigenvalue weighted by Crippen LogP contribution is 2.59. The molecule has 1 aliphatic heterocycles. The molecule has 2 saturated carbocycles. The molecule has 3 aliphatic rings. The second-order valence-electron chi connectivity index (χ2n) is 7.61. The average Bonchev–Trinajstić information content (AvgIpc) is 3.10. The Labute approximate surface area is 142 Å². The smallest absolute Gasteiger partial charge is 0.310 e. The highest BCUT2D eigenvalue weighted by Gasteiger charge is 2.70. The predicted octanol–water partition coefficient (Wildman–Crippen LogP) is 2.05. The summed E-state index contributed by atoms with van der Waals surface area (Å²) < 4.78 is 16.6. The maximum atomic E-state index is 12.7. The number of carbonyl (C=O) groups excluding carboxylic acids is 3. The lowest BCUT2D eigenvalue weighted by atomic mass is 9.78. The van der Waals surface area contributed by atoms with Crippen LogP contribution in [0.15, 0.2) is 0 Å². The maximum Gasteiger partial charge on any atom is 0.310 e. The normalized spacial score (nSPS) is 36.6. The lowest BCUT2D eigenvalue weighted by molar-refractivity contribution is -0.172. The van der Waals surface area contributed by atoms with Gasteiger partial charge in [0.2, 0.25) is 0 Å². The second-order valence-corrected chi connectivity index (χ2v) is 7.61. The molecule has 6 nitrogen and oxygen atoms in total. The molecular weight excluding hydrogens is 312 g/mol. The first-order valence-electron chi connectivity index (χ1n) is 8.71. The zero-order chi connectivity index (χ0) is 17.6. The summed E-state index contributed by atoms with van der Waals surface area (Å²) in [7, 11) is 0. The Morgan fingerprint density at radius 1 is 1.33 bits per heavy atom. The summed E-state index contributed by atoms with van der Waals surface area (Å²) >= 11 is 0. The van der Waals surface area contributed by atoms with E-state index in [4.69, 9.17) is 14.2 Å². The van der Waals surface area contributed by atoms with Gasteiger partial charge in [0.25, 0.3) is 0 Å². The first-order chi connectivity index (χ1) is 11.3. The average molecular weight is 337 g/mol. The van der Waals surface area contributed by atoms with E-state index in [0.717, 1.165) is 0 Å². The Morgan fingerprint density at radius 2 is 2.04 bits per heavy atom. The molecule has 1 radical (unpaired) electrons. The van der Waals surface area contributed by atoms with Crippen molar-refractivity contribution in [2.24, 2.45) is 23.7 Å². The Balaban J connectivity index is 1.79. The van der Waals surface area contributed by atoms with E-state index in [-0.39, 0.29) is 36.2 Å². The van der Waals surface area contributed by atoms with Crippen molar-refractivity contribution in [3.05, 3.63) is 6.92 Å².